The van der Waals surface area contributed by atoms with Crippen molar-refractivity contribution in [1.29, 1.82) is 0 Å². The largest absolute Gasteiger partial charge is 0.497 e. The van der Waals surface area contributed by atoms with Crippen molar-refractivity contribution in [3.8, 4) is 5.75 Å². The van der Waals surface area contributed by atoms with Crippen molar-refractivity contribution in [1.82, 2.24) is 10.3 Å². The second-order valence-corrected chi connectivity index (χ2v) is 5.57. The van der Waals surface area contributed by atoms with Gasteiger partial charge in [0.1, 0.15) is 11.4 Å². The number of rotatable bonds is 9. The molecule has 0 radical (unpaired) electrons. The molecular formula is C19H25N3O2. The highest BCUT2D eigenvalue weighted by Gasteiger charge is 2.07. The summed E-state index contributed by atoms with van der Waals surface area (Å²) in [4.78, 5) is 16.2. The summed E-state index contributed by atoms with van der Waals surface area (Å²) in [5, 5.41) is 6.21. The van der Waals surface area contributed by atoms with Gasteiger partial charge in [0.05, 0.1) is 7.11 Å². The SMILES string of the molecule is CCCCNC(=O)c1cc(NCCc2cccc(OC)c2)ccn1. The minimum absolute atomic E-state index is 0.125. The molecule has 1 heterocycles. The lowest BCUT2D eigenvalue weighted by Gasteiger charge is -2.09. The molecule has 0 atom stereocenters. The summed E-state index contributed by atoms with van der Waals surface area (Å²) in [6.07, 6.45) is 4.56. The van der Waals surface area contributed by atoms with Crippen molar-refractivity contribution in [3.05, 3.63) is 53.9 Å². The van der Waals surface area contributed by atoms with E-state index in [1.54, 1.807) is 19.4 Å². The maximum absolute atomic E-state index is 12.0. The van der Waals surface area contributed by atoms with Gasteiger partial charge in [0, 0.05) is 25.0 Å². The molecule has 0 spiro atoms. The van der Waals surface area contributed by atoms with E-state index >= 15 is 0 Å². The molecule has 0 aliphatic carbocycles. The Balaban J connectivity index is 1.86. The number of nitrogens with zero attached hydrogens (tertiary/aromatic N) is 1. The molecule has 1 aromatic heterocycles. The van der Waals surface area contributed by atoms with E-state index in [0.29, 0.717) is 12.2 Å². The molecule has 5 heteroatoms. The Hall–Kier alpha value is -2.56. The number of nitrogens with one attached hydrogen (secondary N) is 2. The van der Waals surface area contributed by atoms with Crippen LogP contribution in [0.5, 0.6) is 5.75 Å². The van der Waals surface area contributed by atoms with Crippen LogP contribution in [-0.2, 0) is 6.42 Å². The number of carbonyl (C=O) groups excluding carboxylic acids is 1. The summed E-state index contributed by atoms with van der Waals surface area (Å²) in [5.41, 5.74) is 2.54. The van der Waals surface area contributed by atoms with Gasteiger partial charge in [0.2, 0.25) is 0 Å². The zero-order chi connectivity index (χ0) is 17.2. The third-order valence-electron chi connectivity index (χ3n) is 3.69. The topological polar surface area (TPSA) is 63.2 Å². The molecule has 0 fully saturated rings. The van der Waals surface area contributed by atoms with Gasteiger partial charge in [-0.15, -0.1) is 0 Å². The summed E-state index contributed by atoms with van der Waals surface area (Å²) in [6, 6.07) is 11.7. The van der Waals surface area contributed by atoms with Crippen molar-refractivity contribution in [2.75, 3.05) is 25.5 Å². The van der Waals surface area contributed by atoms with Crippen LogP contribution in [0.25, 0.3) is 0 Å². The van der Waals surface area contributed by atoms with E-state index in [2.05, 4.69) is 28.6 Å². The van der Waals surface area contributed by atoms with E-state index < -0.39 is 0 Å². The molecule has 0 aliphatic heterocycles. The standard InChI is InChI=1S/C19H25N3O2/c1-3-4-10-22-19(23)18-14-16(9-12-21-18)20-11-8-15-6-5-7-17(13-15)24-2/h5-7,9,12-14H,3-4,8,10-11H2,1-2H3,(H,20,21)(H,22,23). The third-order valence-corrected chi connectivity index (χ3v) is 3.69. The van der Waals surface area contributed by atoms with Crippen molar-refractivity contribution in [2.45, 2.75) is 26.2 Å². The number of ether oxygens (including phenoxy) is 1. The monoisotopic (exact) mass is 327 g/mol. The van der Waals surface area contributed by atoms with Gasteiger partial charge in [-0.2, -0.15) is 0 Å². The minimum atomic E-state index is -0.125. The zero-order valence-corrected chi connectivity index (χ0v) is 14.3. The average Bonchev–Trinajstić information content (AvgIpc) is 2.62. The first-order valence-electron chi connectivity index (χ1n) is 8.34. The number of methoxy groups -OCH3 is 1. The van der Waals surface area contributed by atoms with Gasteiger partial charge in [-0.25, -0.2) is 0 Å². The summed E-state index contributed by atoms with van der Waals surface area (Å²) >= 11 is 0. The van der Waals surface area contributed by atoms with Crippen molar-refractivity contribution in [3.63, 3.8) is 0 Å². The van der Waals surface area contributed by atoms with Crippen LogP contribution < -0.4 is 15.4 Å². The third kappa shape index (κ3) is 5.57. The van der Waals surface area contributed by atoms with E-state index in [0.717, 1.165) is 37.2 Å². The Morgan fingerprint density at radius 3 is 2.88 bits per heavy atom. The van der Waals surface area contributed by atoms with E-state index in [-0.39, 0.29) is 5.91 Å². The number of carbonyl (C=O) groups is 1. The van der Waals surface area contributed by atoms with Crippen LogP contribution in [0, 0.1) is 0 Å². The lowest BCUT2D eigenvalue weighted by Crippen LogP contribution is -2.25. The fourth-order valence-corrected chi connectivity index (χ4v) is 2.31. The molecule has 0 bridgehead atoms. The van der Waals surface area contributed by atoms with Crippen LogP contribution in [0.15, 0.2) is 42.6 Å². The Kier molecular flexibility index (Phi) is 7.08. The molecule has 128 valence electrons. The molecule has 2 N–H and O–H groups in total. The number of benzene rings is 1. The molecule has 1 amide bonds. The summed E-state index contributed by atoms with van der Waals surface area (Å²) in [5.74, 6) is 0.738. The van der Waals surface area contributed by atoms with Crippen LogP contribution in [0.4, 0.5) is 5.69 Å². The molecule has 2 rings (SSSR count). The maximum atomic E-state index is 12.0. The van der Waals surface area contributed by atoms with Gasteiger partial charge in [-0.05, 0) is 42.7 Å². The first-order chi connectivity index (χ1) is 11.7. The molecule has 0 aliphatic rings. The van der Waals surface area contributed by atoms with Gasteiger partial charge < -0.3 is 15.4 Å². The van der Waals surface area contributed by atoms with Crippen molar-refractivity contribution < 1.29 is 9.53 Å². The predicted octanol–water partition coefficient (Wildman–Crippen LogP) is 3.27. The summed E-state index contributed by atoms with van der Waals surface area (Å²) in [6.45, 7) is 3.55. The molecule has 0 saturated carbocycles. The number of aromatic nitrogens is 1. The van der Waals surface area contributed by atoms with Crippen molar-refractivity contribution >= 4 is 11.6 Å². The maximum Gasteiger partial charge on any atom is 0.269 e. The number of amides is 1. The molecule has 2 aromatic rings. The first-order valence-corrected chi connectivity index (χ1v) is 8.34. The zero-order valence-electron chi connectivity index (χ0n) is 14.3. The molecule has 1 aromatic carbocycles. The Bertz CT molecular complexity index is 659. The lowest BCUT2D eigenvalue weighted by atomic mass is 10.1. The summed E-state index contributed by atoms with van der Waals surface area (Å²) < 4.78 is 5.23. The molecule has 0 saturated heterocycles. The molecule has 24 heavy (non-hydrogen) atoms. The number of hydrogen-bond donors (Lipinski definition) is 2. The normalized spacial score (nSPS) is 10.2. The Morgan fingerprint density at radius 1 is 1.21 bits per heavy atom. The highest BCUT2D eigenvalue weighted by atomic mass is 16.5. The predicted molar refractivity (Wildman–Crippen MR) is 96.7 cm³/mol. The van der Waals surface area contributed by atoms with Crippen LogP contribution >= 0.6 is 0 Å². The van der Waals surface area contributed by atoms with E-state index in [9.17, 15) is 4.79 Å². The number of hydrogen-bond acceptors (Lipinski definition) is 4. The number of anilines is 1. The van der Waals surface area contributed by atoms with Crippen LogP contribution in [0.3, 0.4) is 0 Å². The molecule has 5 nitrogen and oxygen atoms in total. The highest BCUT2D eigenvalue weighted by molar-refractivity contribution is 5.93. The smallest absolute Gasteiger partial charge is 0.269 e. The van der Waals surface area contributed by atoms with E-state index in [1.807, 2.05) is 24.3 Å². The molecular weight excluding hydrogens is 302 g/mol. The van der Waals surface area contributed by atoms with Gasteiger partial charge in [0.25, 0.3) is 5.91 Å². The highest BCUT2D eigenvalue weighted by Crippen LogP contribution is 2.13. The van der Waals surface area contributed by atoms with Gasteiger partial charge >= 0.3 is 0 Å². The Labute approximate surface area is 143 Å². The average molecular weight is 327 g/mol. The van der Waals surface area contributed by atoms with Crippen LogP contribution in [0.1, 0.15) is 35.8 Å². The fourth-order valence-electron chi connectivity index (χ4n) is 2.31. The van der Waals surface area contributed by atoms with E-state index in [1.165, 1.54) is 5.56 Å². The fraction of sp³-hybridized carbons (Fsp3) is 0.368. The van der Waals surface area contributed by atoms with Gasteiger partial charge in [-0.3, -0.25) is 9.78 Å². The van der Waals surface area contributed by atoms with Gasteiger partial charge in [0.15, 0.2) is 0 Å². The summed E-state index contributed by atoms with van der Waals surface area (Å²) in [7, 11) is 1.67. The second kappa shape index (κ2) is 9.55. The Morgan fingerprint density at radius 2 is 2.08 bits per heavy atom. The van der Waals surface area contributed by atoms with Crippen LogP contribution in [-0.4, -0.2) is 31.1 Å². The van der Waals surface area contributed by atoms with Crippen molar-refractivity contribution in [2.24, 2.45) is 0 Å². The number of pyridine rings is 1. The molecule has 0 unspecified atom stereocenters. The van der Waals surface area contributed by atoms with Crippen LogP contribution in [0.2, 0.25) is 0 Å². The second-order valence-electron chi connectivity index (χ2n) is 5.57. The lowest BCUT2D eigenvalue weighted by molar-refractivity contribution is 0.0948. The van der Waals surface area contributed by atoms with Gasteiger partial charge in [-0.1, -0.05) is 25.5 Å². The quantitative estimate of drug-likeness (QED) is 0.694. The number of unbranched alkanes of at least 4 members (excludes halogenated alkanes) is 1. The first kappa shape index (κ1) is 17.8. The van der Waals surface area contributed by atoms with E-state index in [4.69, 9.17) is 4.74 Å². The minimum Gasteiger partial charge on any atom is -0.497 e.